The van der Waals surface area contributed by atoms with E-state index < -0.39 is 22.5 Å². The summed E-state index contributed by atoms with van der Waals surface area (Å²) in [5.41, 5.74) is 1.16. The average Bonchev–Trinajstić information content (AvgIpc) is 3.09. The van der Waals surface area contributed by atoms with Crippen molar-refractivity contribution in [3.05, 3.63) is 35.6 Å². The molecule has 1 spiro atoms. The van der Waals surface area contributed by atoms with Crippen LogP contribution in [0.4, 0.5) is 4.39 Å². The quantitative estimate of drug-likeness (QED) is 0.283. The molecule has 44 heavy (non-hydrogen) atoms. The van der Waals surface area contributed by atoms with E-state index in [0.717, 1.165) is 84.0 Å². The van der Waals surface area contributed by atoms with Crippen molar-refractivity contribution in [3.8, 4) is 0 Å². The molecule has 0 radical (unpaired) electrons. The van der Waals surface area contributed by atoms with Gasteiger partial charge >= 0.3 is 0 Å². The first-order valence-electron chi connectivity index (χ1n) is 17.7. The SMILES string of the molecule is CN1CCCN(Cc2ccc(F)cc2)P12=NP(N1CCCCC1)(N1CCCCC1)=NP(N1CCCCC1)(N1CCCCC1)=N2. The number of benzene rings is 1. The molecule has 6 heterocycles. The number of piperidine rings is 4. The lowest BCUT2D eigenvalue weighted by Crippen LogP contribution is -2.43. The second-order valence-electron chi connectivity index (χ2n) is 13.7. The van der Waals surface area contributed by atoms with Gasteiger partial charge in [-0.3, -0.25) is 0 Å². The highest BCUT2D eigenvalue weighted by molar-refractivity contribution is 7.83. The van der Waals surface area contributed by atoms with Crippen molar-refractivity contribution >= 4 is 22.5 Å². The molecule has 0 N–H and O–H groups in total. The number of rotatable bonds is 6. The van der Waals surface area contributed by atoms with Gasteiger partial charge in [-0.05, 0) is 82.5 Å². The van der Waals surface area contributed by atoms with Gasteiger partial charge < -0.3 is 0 Å². The summed E-state index contributed by atoms with van der Waals surface area (Å²) in [5.74, 6) is -0.167. The largest absolute Gasteiger partial charge is 0.243 e. The lowest BCUT2D eigenvalue weighted by molar-refractivity contribution is 0.292. The van der Waals surface area contributed by atoms with E-state index in [1.165, 1.54) is 77.0 Å². The third-order valence-corrected chi connectivity index (χ3v) is 23.2. The van der Waals surface area contributed by atoms with Gasteiger partial charge in [0.15, 0.2) is 0 Å². The monoisotopic (exact) mass is 665 g/mol. The smallest absolute Gasteiger partial charge is 0.221 e. The first-order valence-corrected chi connectivity index (χ1v) is 22.5. The van der Waals surface area contributed by atoms with Crippen LogP contribution in [0.1, 0.15) is 89.0 Å². The van der Waals surface area contributed by atoms with E-state index in [-0.39, 0.29) is 5.82 Å². The fourth-order valence-corrected chi connectivity index (χ4v) is 24.6. The van der Waals surface area contributed by atoms with E-state index >= 15 is 0 Å². The van der Waals surface area contributed by atoms with Gasteiger partial charge in [-0.25, -0.2) is 32.4 Å². The lowest BCUT2D eigenvalue weighted by Gasteiger charge is -2.55. The van der Waals surface area contributed by atoms with Crippen molar-refractivity contribution in [1.82, 2.24) is 28.0 Å². The van der Waals surface area contributed by atoms with Crippen molar-refractivity contribution < 1.29 is 4.39 Å². The van der Waals surface area contributed by atoms with E-state index in [4.69, 9.17) is 13.5 Å². The molecule has 1 aromatic carbocycles. The summed E-state index contributed by atoms with van der Waals surface area (Å²) >= 11 is 0. The minimum Gasteiger partial charge on any atom is -0.243 e. The average molecular weight is 666 g/mol. The van der Waals surface area contributed by atoms with Crippen LogP contribution in [-0.2, 0) is 6.54 Å². The third-order valence-electron chi connectivity index (χ3n) is 10.6. The number of hydrogen-bond donors (Lipinski definition) is 0. The van der Waals surface area contributed by atoms with Crippen molar-refractivity contribution in [2.45, 2.75) is 90.0 Å². The van der Waals surface area contributed by atoms with Crippen LogP contribution in [0.3, 0.4) is 0 Å². The zero-order chi connectivity index (χ0) is 30.0. The van der Waals surface area contributed by atoms with E-state index in [2.05, 4.69) is 35.1 Å². The van der Waals surface area contributed by atoms with Gasteiger partial charge in [0, 0.05) is 72.0 Å². The van der Waals surface area contributed by atoms with Crippen LogP contribution >= 0.6 is 22.5 Å². The minimum absolute atomic E-state index is 0.167. The van der Waals surface area contributed by atoms with Crippen LogP contribution in [0.5, 0.6) is 0 Å². The summed E-state index contributed by atoms with van der Waals surface area (Å²) < 4.78 is 49.6. The lowest BCUT2D eigenvalue weighted by atomic mass is 10.2. The molecule has 1 aromatic rings. The highest BCUT2D eigenvalue weighted by Crippen LogP contribution is 2.84. The Balaban J connectivity index is 1.50. The van der Waals surface area contributed by atoms with Crippen LogP contribution in [0.15, 0.2) is 37.8 Å². The Morgan fingerprint density at radius 3 is 1.32 bits per heavy atom. The molecule has 246 valence electrons. The predicted molar refractivity (Wildman–Crippen MR) is 184 cm³/mol. The zero-order valence-electron chi connectivity index (χ0n) is 27.0. The van der Waals surface area contributed by atoms with Gasteiger partial charge in [0.05, 0.1) is 0 Å². The highest BCUT2D eigenvalue weighted by Gasteiger charge is 2.52. The molecule has 0 bridgehead atoms. The van der Waals surface area contributed by atoms with Crippen LogP contribution < -0.4 is 0 Å². The van der Waals surface area contributed by atoms with Gasteiger partial charge in [0.2, 0.25) is 22.5 Å². The molecule has 0 aromatic heterocycles. The predicted octanol–water partition coefficient (Wildman–Crippen LogP) is 8.76. The van der Waals surface area contributed by atoms with Gasteiger partial charge in [-0.15, -0.1) is 0 Å². The number of nitrogens with zero attached hydrogens (tertiary/aromatic N) is 9. The molecule has 6 aliphatic heterocycles. The summed E-state index contributed by atoms with van der Waals surface area (Å²) in [7, 11) is -5.03. The summed E-state index contributed by atoms with van der Waals surface area (Å²) in [6.07, 6.45) is 16.4. The van der Waals surface area contributed by atoms with Crippen LogP contribution in [-0.4, -0.2) is 101 Å². The Labute approximate surface area is 266 Å². The van der Waals surface area contributed by atoms with E-state index in [9.17, 15) is 4.39 Å². The standard InChI is InChI=1S/C31H55FN9P3/c1-36-19-14-28-41(29-30-15-17-31(32)18-16-30)42(36)33-43(37-20-6-2-7-21-37,38-22-8-3-9-23-38)35-44(34-42,39-24-10-4-11-25-39)40-26-12-5-13-27-40/h15-18H,2-14,19-29H2,1H3. The molecule has 13 heteroatoms. The van der Waals surface area contributed by atoms with Crippen molar-refractivity contribution in [2.75, 3.05) is 72.5 Å². The molecular formula is C31H55FN9P3. The normalized spacial score (nSPS) is 31.7. The van der Waals surface area contributed by atoms with Gasteiger partial charge in [-0.2, -0.15) is 13.5 Å². The molecule has 9 nitrogen and oxygen atoms in total. The van der Waals surface area contributed by atoms with E-state index in [1.807, 2.05) is 12.1 Å². The van der Waals surface area contributed by atoms with Crippen molar-refractivity contribution in [3.63, 3.8) is 0 Å². The topological polar surface area (TPSA) is 56.5 Å². The maximum absolute atomic E-state index is 14.0. The van der Waals surface area contributed by atoms with Crippen LogP contribution in [0, 0.1) is 5.82 Å². The Morgan fingerprint density at radius 2 is 0.886 bits per heavy atom. The molecule has 6 aliphatic rings. The summed E-state index contributed by atoms with van der Waals surface area (Å²) in [6.45, 7) is 11.7. The Kier molecular flexibility index (Phi) is 10.2. The molecule has 7 rings (SSSR count). The highest BCUT2D eigenvalue weighted by atomic mass is 31.3. The van der Waals surface area contributed by atoms with Gasteiger partial charge in [-0.1, -0.05) is 37.8 Å². The first kappa shape index (κ1) is 32.2. The maximum Gasteiger partial charge on any atom is 0.221 e. The molecule has 5 fully saturated rings. The fourth-order valence-electron chi connectivity index (χ4n) is 8.12. The molecular weight excluding hydrogens is 610 g/mol. The Hall–Kier alpha value is -0.400. The second kappa shape index (κ2) is 14.0. The Morgan fingerprint density at radius 1 is 0.500 bits per heavy atom. The van der Waals surface area contributed by atoms with Crippen LogP contribution in [0.25, 0.3) is 0 Å². The number of halogens is 1. The summed E-state index contributed by atoms with van der Waals surface area (Å²) in [4.78, 5) is 0. The Bertz CT molecular complexity index is 1210. The van der Waals surface area contributed by atoms with Crippen molar-refractivity contribution in [2.24, 2.45) is 13.5 Å². The first-order chi connectivity index (χ1) is 21.5. The maximum atomic E-state index is 14.0. The third kappa shape index (κ3) is 6.15. The second-order valence-corrected chi connectivity index (χ2v) is 22.6. The molecule has 0 saturated carbocycles. The van der Waals surface area contributed by atoms with Gasteiger partial charge in [0.25, 0.3) is 0 Å². The molecule has 5 saturated heterocycles. The van der Waals surface area contributed by atoms with Crippen molar-refractivity contribution in [1.29, 1.82) is 0 Å². The summed E-state index contributed by atoms with van der Waals surface area (Å²) in [6, 6.07) is 7.19. The van der Waals surface area contributed by atoms with Gasteiger partial charge in [0.1, 0.15) is 5.82 Å². The zero-order valence-corrected chi connectivity index (χ0v) is 29.7. The van der Waals surface area contributed by atoms with Crippen LogP contribution in [0.2, 0.25) is 0 Å². The molecule has 1 atom stereocenters. The molecule has 1 unspecified atom stereocenters. The number of hydrogen-bond acceptors (Lipinski definition) is 9. The minimum atomic E-state index is -2.51. The van der Waals surface area contributed by atoms with E-state index in [1.54, 1.807) is 12.1 Å². The summed E-state index contributed by atoms with van der Waals surface area (Å²) in [5, 5.41) is 0. The van der Waals surface area contributed by atoms with E-state index in [0.29, 0.717) is 0 Å². The molecule has 0 aliphatic carbocycles. The molecule has 0 amide bonds. The fraction of sp³-hybridized carbons (Fsp3) is 0.806.